The van der Waals surface area contributed by atoms with Crippen molar-refractivity contribution in [3.8, 4) is 0 Å². The molecule has 0 aromatic rings. The van der Waals surface area contributed by atoms with Crippen LogP contribution in [-0.2, 0) is 9.47 Å². The zero-order valence-corrected chi connectivity index (χ0v) is 13.0. The first-order chi connectivity index (χ1) is 11.2. The lowest BCUT2D eigenvalue weighted by Crippen LogP contribution is -2.73. The third kappa shape index (κ3) is 3.43. The van der Waals surface area contributed by atoms with Crippen LogP contribution in [0, 0.1) is 0 Å². The summed E-state index contributed by atoms with van der Waals surface area (Å²) in [5.41, 5.74) is 0. The van der Waals surface area contributed by atoms with Crippen molar-refractivity contribution in [3.63, 3.8) is 0 Å². The van der Waals surface area contributed by atoms with E-state index in [1.54, 1.807) is 0 Å². The van der Waals surface area contributed by atoms with Crippen molar-refractivity contribution >= 4 is 0 Å². The fourth-order valence-corrected chi connectivity index (χ4v) is 3.13. The Morgan fingerprint density at radius 1 is 0.750 bits per heavy atom. The van der Waals surface area contributed by atoms with Gasteiger partial charge in [0.15, 0.2) is 6.29 Å². The molecule has 0 amide bonds. The summed E-state index contributed by atoms with van der Waals surface area (Å²) in [6.07, 6.45) is -13.8. The van der Waals surface area contributed by atoms with E-state index in [-0.39, 0.29) is 0 Å². The highest BCUT2D eigenvalue weighted by atomic mass is 16.7. The zero-order chi connectivity index (χ0) is 18.2. The Morgan fingerprint density at radius 2 is 1.21 bits per heavy atom. The summed E-state index contributed by atoms with van der Waals surface area (Å²) in [7, 11) is 1.24. The molecule has 2 aliphatic rings. The first kappa shape index (κ1) is 19.9. The van der Waals surface area contributed by atoms with Crippen LogP contribution in [0.15, 0.2) is 0 Å². The van der Waals surface area contributed by atoms with Crippen molar-refractivity contribution < 1.29 is 50.3 Å². The minimum atomic E-state index is -1.76. The molecule has 0 spiro atoms. The van der Waals surface area contributed by atoms with Crippen LogP contribution in [0.1, 0.15) is 0 Å². The van der Waals surface area contributed by atoms with Crippen molar-refractivity contribution in [2.24, 2.45) is 0 Å². The largest absolute Gasteiger partial charge is 0.394 e. The highest BCUT2D eigenvalue weighted by Crippen LogP contribution is 2.26. The van der Waals surface area contributed by atoms with Gasteiger partial charge in [-0.05, 0) is 0 Å². The summed E-state index contributed by atoms with van der Waals surface area (Å²) in [5, 5.41) is 81.3. The molecule has 0 aromatic carbocycles. The van der Waals surface area contributed by atoms with E-state index in [1.807, 2.05) is 0 Å². The van der Waals surface area contributed by atoms with Crippen LogP contribution >= 0.6 is 0 Å². The Labute approximate surface area is 137 Å². The SMILES string of the molecule is CO[C@H]1O[C@H](CO)[C@@H](O)[C@H](NC2[C@H](O)[C@H](O)C(O)[C@H](O)[C@H]2O)[C@H]1O. The lowest BCUT2D eigenvalue weighted by molar-refractivity contribution is -0.276. The molecule has 1 saturated carbocycles. The van der Waals surface area contributed by atoms with Gasteiger partial charge in [-0.15, -0.1) is 0 Å². The Hall–Kier alpha value is -0.440. The summed E-state index contributed by atoms with van der Waals surface area (Å²) >= 11 is 0. The van der Waals surface area contributed by atoms with Crippen molar-refractivity contribution in [1.82, 2.24) is 5.32 Å². The molecular weight excluding hydrogens is 330 g/mol. The molecule has 1 aliphatic heterocycles. The van der Waals surface area contributed by atoms with Gasteiger partial charge in [-0.25, -0.2) is 0 Å². The van der Waals surface area contributed by atoms with E-state index in [4.69, 9.17) is 9.47 Å². The molecule has 1 aliphatic carbocycles. The Kier molecular flexibility index (Phi) is 6.50. The fraction of sp³-hybridized carbons (Fsp3) is 1.00. The Bertz CT molecular complexity index is 382. The van der Waals surface area contributed by atoms with Crippen molar-refractivity contribution in [3.05, 3.63) is 0 Å². The third-order valence-corrected chi connectivity index (χ3v) is 4.64. The first-order valence-electron chi connectivity index (χ1n) is 7.56. The average molecular weight is 355 g/mol. The zero-order valence-electron chi connectivity index (χ0n) is 13.0. The van der Waals surface area contributed by atoms with Crippen molar-refractivity contribution in [2.45, 2.75) is 67.2 Å². The molecule has 24 heavy (non-hydrogen) atoms. The Morgan fingerprint density at radius 3 is 1.67 bits per heavy atom. The van der Waals surface area contributed by atoms with Gasteiger partial charge in [0.2, 0.25) is 0 Å². The predicted octanol–water partition coefficient (Wildman–Crippen LogP) is -5.78. The van der Waals surface area contributed by atoms with Crippen molar-refractivity contribution in [1.29, 1.82) is 0 Å². The van der Waals surface area contributed by atoms with Crippen LogP contribution in [0.25, 0.3) is 0 Å². The first-order valence-corrected chi connectivity index (χ1v) is 7.56. The average Bonchev–Trinajstić information content (AvgIpc) is 2.58. The summed E-state index contributed by atoms with van der Waals surface area (Å²) in [6, 6.07) is -2.59. The van der Waals surface area contributed by atoms with E-state index in [2.05, 4.69) is 5.32 Å². The summed E-state index contributed by atoms with van der Waals surface area (Å²) in [6.45, 7) is -0.578. The van der Waals surface area contributed by atoms with Gasteiger partial charge in [-0.3, -0.25) is 0 Å². The molecular formula is C13H25NO10. The second-order valence-corrected chi connectivity index (χ2v) is 6.11. The summed E-state index contributed by atoms with van der Waals surface area (Å²) in [4.78, 5) is 0. The Balaban J connectivity index is 2.19. The molecule has 0 bridgehead atoms. The number of ether oxygens (including phenoxy) is 2. The number of aliphatic hydroxyl groups is 8. The van der Waals surface area contributed by atoms with Gasteiger partial charge in [0.1, 0.15) is 48.8 Å². The molecule has 9 N–H and O–H groups in total. The van der Waals surface area contributed by atoms with E-state index >= 15 is 0 Å². The van der Waals surface area contributed by atoms with E-state index in [0.29, 0.717) is 0 Å². The van der Waals surface area contributed by atoms with Crippen LogP contribution < -0.4 is 5.32 Å². The highest BCUT2D eigenvalue weighted by molar-refractivity contribution is 5.05. The van der Waals surface area contributed by atoms with Gasteiger partial charge in [-0.1, -0.05) is 0 Å². The number of aliphatic hydroxyl groups excluding tert-OH is 8. The molecule has 0 radical (unpaired) electrons. The normalized spacial score (nSPS) is 53.1. The molecule has 1 saturated heterocycles. The maximum Gasteiger partial charge on any atom is 0.185 e. The van der Waals surface area contributed by atoms with Crippen LogP contribution in [-0.4, -0.2) is 122 Å². The number of methoxy groups -OCH3 is 1. The summed E-state index contributed by atoms with van der Waals surface area (Å²) in [5.74, 6) is 0. The molecule has 11 heteroatoms. The minimum absolute atomic E-state index is 0.578. The molecule has 142 valence electrons. The van der Waals surface area contributed by atoms with Gasteiger partial charge in [0, 0.05) is 7.11 Å². The maximum atomic E-state index is 10.2. The van der Waals surface area contributed by atoms with Gasteiger partial charge in [0.25, 0.3) is 0 Å². The smallest absolute Gasteiger partial charge is 0.185 e. The molecule has 0 aromatic heterocycles. The predicted molar refractivity (Wildman–Crippen MR) is 75.5 cm³/mol. The minimum Gasteiger partial charge on any atom is -0.394 e. The van der Waals surface area contributed by atoms with Crippen LogP contribution in [0.5, 0.6) is 0 Å². The number of hydrogen-bond donors (Lipinski definition) is 9. The molecule has 2 rings (SSSR count). The third-order valence-electron chi connectivity index (χ3n) is 4.64. The van der Waals surface area contributed by atoms with E-state index in [9.17, 15) is 40.9 Å². The molecule has 2 fully saturated rings. The van der Waals surface area contributed by atoms with Crippen molar-refractivity contribution in [2.75, 3.05) is 13.7 Å². The number of rotatable bonds is 4. The second-order valence-electron chi connectivity index (χ2n) is 6.11. The van der Waals surface area contributed by atoms with E-state index < -0.39 is 73.8 Å². The summed E-state index contributed by atoms with van der Waals surface area (Å²) < 4.78 is 10.1. The van der Waals surface area contributed by atoms with Gasteiger partial charge < -0.3 is 55.6 Å². The molecule has 2 unspecified atom stereocenters. The van der Waals surface area contributed by atoms with Crippen LogP contribution in [0.4, 0.5) is 0 Å². The van der Waals surface area contributed by atoms with Gasteiger partial charge in [-0.2, -0.15) is 0 Å². The lowest BCUT2D eigenvalue weighted by Gasteiger charge is -2.47. The second kappa shape index (κ2) is 7.85. The monoisotopic (exact) mass is 355 g/mol. The van der Waals surface area contributed by atoms with Crippen LogP contribution in [0.2, 0.25) is 0 Å². The fourth-order valence-electron chi connectivity index (χ4n) is 3.13. The maximum absolute atomic E-state index is 10.2. The van der Waals surface area contributed by atoms with Gasteiger partial charge in [0.05, 0.1) is 18.7 Å². The van der Waals surface area contributed by atoms with Gasteiger partial charge >= 0.3 is 0 Å². The van der Waals surface area contributed by atoms with E-state index in [0.717, 1.165) is 0 Å². The molecule has 1 heterocycles. The molecule has 11 atom stereocenters. The topological polar surface area (TPSA) is 192 Å². The van der Waals surface area contributed by atoms with E-state index in [1.165, 1.54) is 7.11 Å². The number of hydrogen-bond acceptors (Lipinski definition) is 11. The standard InChI is InChI=1S/C13H25NO10/c1-23-13-9(19)4(6(16)3(2-15)24-13)14-5-7(17)10(20)12(22)11(21)8(5)18/h3-22H,2H2,1H3/t3-,4+,5?,6-,7+,8+,9-,10-,11+,12?,13+/m1/s1. The highest BCUT2D eigenvalue weighted by Gasteiger charge is 2.52. The quantitative estimate of drug-likeness (QED) is 0.233. The van der Waals surface area contributed by atoms with Crippen LogP contribution in [0.3, 0.4) is 0 Å². The lowest BCUT2D eigenvalue weighted by atomic mass is 9.82. The number of nitrogens with one attached hydrogen (secondary N) is 1. The molecule has 11 nitrogen and oxygen atoms in total.